The van der Waals surface area contributed by atoms with Crippen LogP contribution in [0.3, 0.4) is 0 Å². The lowest BCUT2D eigenvalue weighted by atomic mass is 10.2. The first kappa shape index (κ1) is 15.8. The Morgan fingerprint density at radius 2 is 2.04 bits per heavy atom. The van der Waals surface area contributed by atoms with Crippen molar-refractivity contribution in [1.29, 1.82) is 0 Å². The Labute approximate surface area is 146 Å². The van der Waals surface area contributed by atoms with Crippen molar-refractivity contribution in [2.45, 2.75) is 33.1 Å². The summed E-state index contributed by atoms with van der Waals surface area (Å²) in [6, 6.07) is 3.97. The van der Waals surface area contributed by atoms with E-state index in [0.717, 1.165) is 31.9 Å². The van der Waals surface area contributed by atoms with E-state index < -0.39 is 0 Å². The maximum absolute atomic E-state index is 4.68. The molecule has 8 heteroatoms. The fraction of sp³-hybridized carbons (Fsp3) is 0.412. The summed E-state index contributed by atoms with van der Waals surface area (Å²) in [5.41, 5.74) is 4.78. The summed E-state index contributed by atoms with van der Waals surface area (Å²) in [7, 11) is 1.99. The monoisotopic (exact) mass is 338 g/mol. The fourth-order valence-corrected chi connectivity index (χ4v) is 3.10. The van der Waals surface area contributed by atoms with Gasteiger partial charge in [-0.25, -0.2) is 9.97 Å². The van der Waals surface area contributed by atoms with Gasteiger partial charge in [0.2, 0.25) is 5.95 Å². The highest BCUT2D eigenvalue weighted by Gasteiger charge is 2.19. The van der Waals surface area contributed by atoms with E-state index in [2.05, 4.69) is 48.1 Å². The standard InChI is InChI=1S/C17H22N8/c1-13-14(9-21-23(13)2)11-24-6-7-25-16(12-24)8-15(22-25)10-20-17-18-4-3-5-19-17/h3-5,8-9H,6-7,10-12H2,1-2H3,(H,18,19,20). The molecular weight excluding hydrogens is 316 g/mol. The molecule has 0 atom stereocenters. The quantitative estimate of drug-likeness (QED) is 0.757. The molecule has 1 aliphatic rings. The van der Waals surface area contributed by atoms with Crippen LogP contribution in [-0.4, -0.2) is 41.0 Å². The molecule has 0 spiro atoms. The molecule has 0 bridgehead atoms. The summed E-state index contributed by atoms with van der Waals surface area (Å²) >= 11 is 0. The molecule has 1 aliphatic heterocycles. The van der Waals surface area contributed by atoms with E-state index in [4.69, 9.17) is 0 Å². The van der Waals surface area contributed by atoms with E-state index in [-0.39, 0.29) is 0 Å². The number of anilines is 1. The number of nitrogens with one attached hydrogen (secondary N) is 1. The van der Waals surface area contributed by atoms with Gasteiger partial charge in [0.05, 0.1) is 30.7 Å². The van der Waals surface area contributed by atoms with Crippen LogP contribution in [0.5, 0.6) is 0 Å². The third kappa shape index (κ3) is 3.39. The minimum absolute atomic E-state index is 0.627. The molecule has 130 valence electrons. The van der Waals surface area contributed by atoms with E-state index in [1.54, 1.807) is 18.5 Å². The van der Waals surface area contributed by atoms with Gasteiger partial charge in [0, 0.05) is 50.3 Å². The molecule has 3 aromatic rings. The van der Waals surface area contributed by atoms with Crippen molar-refractivity contribution >= 4 is 5.95 Å². The number of aryl methyl sites for hydroxylation is 1. The molecule has 4 rings (SSSR count). The van der Waals surface area contributed by atoms with Crippen molar-refractivity contribution in [3.05, 3.63) is 53.4 Å². The van der Waals surface area contributed by atoms with Crippen molar-refractivity contribution < 1.29 is 0 Å². The fourth-order valence-electron chi connectivity index (χ4n) is 3.10. The second-order valence-electron chi connectivity index (χ2n) is 6.37. The zero-order chi connectivity index (χ0) is 17.2. The third-order valence-electron chi connectivity index (χ3n) is 4.65. The molecule has 0 saturated heterocycles. The average Bonchev–Trinajstić information content (AvgIpc) is 3.18. The van der Waals surface area contributed by atoms with Crippen molar-refractivity contribution in [3.63, 3.8) is 0 Å². The first-order valence-electron chi connectivity index (χ1n) is 8.45. The van der Waals surface area contributed by atoms with Gasteiger partial charge < -0.3 is 5.32 Å². The predicted molar refractivity (Wildman–Crippen MR) is 93.6 cm³/mol. The molecule has 0 radical (unpaired) electrons. The largest absolute Gasteiger partial charge is 0.348 e. The van der Waals surface area contributed by atoms with Crippen LogP contribution in [-0.2, 0) is 33.2 Å². The van der Waals surface area contributed by atoms with Crippen molar-refractivity contribution in [2.75, 3.05) is 11.9 Å². The maximum atomic E-state index is 4.68. The van der Waals surface area contributed by atoms with Gasteiger partial charge in [-0.1, -0.05) is 0 Å². The molecule has 0 fully saturated rings. The first-order chi connectivity index (χ1) is 12.2. The predicted octanol–water partition coefficient (Wildman–Crippen LogP) is 1.34. The summed E-state index contributed by atoms with van der Waals surface area (Å²) in [6.45, 7) is 6.49. The molecule has 3 aromatic heterocycles. The maximum Gasteiger partial charge on any atom is 0.222 e. The van der Waals surface area contributed by atoms with Crippen LogP contribution >= 0.6 is 0 Å². The van der Waals surface area contributed by atoms with Gasteiger partial charge in [-0.05, 0) is 19.1 Å². The molecule has 4 heterocycles. The normalized spacial score (nSPS) is 14.5. The van der Waals surface area contributed by atoms with Crippen LogP contribution in [0.15, 0.2) is 30.7 Å². The van der Waals surface area contributed by atoms with Crippen molar-refractivity contribution in [3.8, 4) is 0 Å². The zero-order valence-corrected chi connectivity index (χ0v) is 14.6. The number of rotatable bonds is 5. The Hall–Kier alpha value is -2.74. The highest BCUT2D eigenvalue weighted by atomic mass is 15.3. The molecule has 8 nitrogen and oxygen atoms in total. The molecular formula is C17H22N8. The van der Waals surface area contributed by atoms with Gasteiger partial charge in [0.1, 0.15) is 0 Å². The average molecular weight is 338 g/mol. The summed E-state index contributed by atoms with van der Waals surface area (Å²) in [5, 5.41) is 12.2. The summed E-state index contributed by atoms with van der Waals surface area (Å²) in [5.74, 6) is 0.627. The Balaban J connectivity index is 1.40. The smallest absolute Gasteiger partial charge is 0.222 e. The molecule has 25 heavy (non-hydrogen) atoms. The van der Waals surface area contributed by atoms with Gasteiger partial charge in [0.25, 0.3) is 0 Å². The lowest BCUT2D eigenvalue weighted by molar-refractivity contribution is 0.204. The zero-order valence-electron chi connectivity index (χ0n) is 14.6. The third-order valence-corrected chi connectivity index (χ3v) is 4.65. The Kier molecular flexibility index (Phi) is 4.19. The summed E-state index contributed by atoms with van der Waals surface area (Å²) in [6.07, 6.45) is 5.42. The van der Waals surface area contributed by atoms with E-state index in [1.807, 2.05) is 17.9 Å². The minimum Gasteiger partial charge on any atom is -0.348 e. The van der Waals surface area contributed by atoms with Gasteiger partial charge in [-0.15, -0.1) is 0 Å². The SMILES string of the molecule is Cc1c(CN2CCn3nc(CNc4ncccn4)cc3C2)cnn1C. The van der Waals surface area contributed by atoms with Crippen LogP contribution < -0.4 is 5.32 Å². The van der Waals surface area contributed by atoms with Crippen LogP contribution in [0.2, 0.25) is 0 Å². The van der Waals surface area contributed by atoms with Crippen molar-refractivity contribution in [1.82, 2.24) is 34.4 Å². The van der Waals surface area contributed by atoms with Crippen LogP contribution in [0.1, 0.15) is 22.6 Å². The van der Waals surface area contributed by atoms with E-state index in [0.29, 0.717) is 12.5 Å². The number of hydrogen-bond donors (Lipinski definition) is 1. The molecule has 0 aromatic carbocycles. The second kappa shape index (κ2) is 6.64. The highest BCUT2D eigenvalue weighted by molar-refractivity contribution is 5.25. The molecule has 0 saturated carbocycles. The van der Waals surface area contributed by atoms with E-state index in [9.17, 15) is 0 Å². The summed E-state index contributed by atoms with van der Waals surface area (Å²) < 4.78 is 4.04. The molecule has 0 amide bonds. The number of fused-ring (bicyclic) bond motifs is 1. The Morgan fingerprint density at radius 3 is 2.80 bits per heavy atom. The molecule has 0 unspecified atom stereocenters. The van der Waals surface area contributed by atoms with Gasteiger partial charge >= 0.3 is 0 Å². The second-order valence-corrected chi connectivity index (χ2v) is 6.37. The summed E-state index contributed by atoms with van der Waals surface area (Å²) in [4.78, 5) is 10.8. The van der Waals surface area contributed by atoms with Gasteiger partial charge in [-0.3, -0.25) is 14.3 Å². The highest BCUT2D eigenvalue weighted by Crippen LogP contribution is 2.18. The number of aromatic nitrogens is 6. The minimum atomic E-state index is 0.627. The molecule has 0 aliphatic carbocycles. The van der Waals surface area contributed by atoms with Crippen LogP contribution in [0.25, 0.3) is 0 Å². The lowest BCUT2D eigenvalue weighted by Gasteiger charge is -2.27. The van der Waals surface area contributed by atoms with E-state index >= 15 is 0 Å². The van der Waals surface area contributed by atoms with Crippen LogP contribution in [0.4, 0.5) is 5.95 Å². The number of hydrogen-bond acceptors (Lipinski definition) is 6. The van der Waals surface area contributed by atoms with Gasteiger partial charge in [-0.2, -0.15) is 10.2 Å². The Morgan fingerprint density at radius 1 is 1.20 bits per heavy atom. The van der Waals surface area contributed by atoms with Crippen molar-refractivity contribution in [2.24, 2.45) is 7.05 Å². The first-order valence-corrected chi connectivity index (χ1v) is 8.45. The van der Waals surface area contributed by atoms with Crippen LogP contribution in [0, 0.1) is 6.92 Å². The van der Waals surface area contributed by atoms with Gasteiger partial charge in [0.15, 0.2) is 0 Å². The Bertz CT molecular complexity index is 851. The number of nitrogens with zero attached hydrogens (tertiary/aromatic N) is 7. The molecule has 1 N–H and O–H groups in total. The lowest BCUT2D eigenvalue weighted by Crippen LogP contribution is -2.33. The topological polar surface area (TPSA) is 76.7 Å². The van der Waals surface area contributed by atoms with E-state index in [1.165, 1.54) is 17.0 Å².